The van der Waals surface area contributed by atoms with Crippen LogP contribution in [0.25, 0.3) is 11.0 Å². The van der Waals surface area contributed by atoms with Gasteiger partial charge in [0.25, 0.3) is 0 Å². The molecule has 0 aliphatic rings. The fraction of sp³-hybridized carbons (Fsp3) is 0.308. The number of carbonyl (C=O) groups is 1. The van der Waals surface area contributed by atoms with Crippen molar-refractivity contribution in [2.45, 2.75) is 25.3 Å². The van der Waals surface area contributed by atoms with Crippen molar-refractivity contribution < 1.29 is 4.79 Å². The molecular weight excluding hydrogens is 264 g/mol. The molecule has 1 aromatic carbocycles. The average molecular weight is 277 g/mol. The highest BCUT2D eigenvalue weighted by Crippen LogP contribution is 2.21. The first-order chi connectivity index (χ1) is 9.17. The van der Waals surface area contributed by atoms with Crippen molar-refractivity contribution in [3.63, 3.8) is 0 Å². The number of amides is 1. The van der Waals surface area contributed by atoms with Crippen LogP contribution in [0.4, 0.5) is 0 Å². The summed E-state index contributed by atoms with van der Waals surface area (Å²) in [5.74, 6) is 0.634. The number of rotatable bonds is 5. The maximum absolute atomic E-state index is 10.8. The highest BCUT2D eigenvalue weighted by atomic mass is 35.5. The van der Waals surface area contributed by atoms with Crippen molar-refractivity contribution in [2.75, 3.05) is 0 Å². The van der Waals surface area contributed by atoms with Crippen molar-refractivity contribution in [2.24, 2.45) is 5.73 Å². The monoisotopic (exact) mass is 276 g/mol. The van der Waals surface area contributed by atoms with E-state index in [9.17, 15) is 4.79 Å². The van der Waals surface area contributed by atoms with E-state index in [-0.39, 0.29) is 11.8 Å². The molecule has 0 saturated heterocycles. The van der Waals surface area contributed by atoms with Crippen LogP contribution in [0.3, 0.4) is 0 Å². The molecule has 0 unspecified atom stereocenters. The molecule has 0 bridgehead atoms. The molecule has 1 heterocycles. The van der Waals surface area contributed by atoms with Gasteiger partial charge in [0, 0.05) is 13.0 Å². The third-order valence-corrected chi connectivity index (χ3v) is 3.14. The van der Waals surface area contributed by atoms with Crippen LogP contribution in [-0.4, -0.2) is 15.5 Å². The molecule has 0 fully saturated rings. The highest BCUT2D eigenvalue weighted by Gasteiger charge is 2.12. The van der Waals surface area contributed by atoms with Gasteiger partial charge in [-0.05, 0) is 18.6 Å². The van der Waals surface area contributed by atoms with E-state index in [2.05, 4.69) is 11.1 Å². The van der Waals surface area contributed by atoms with Gasteiger partial charge in [-0.1, -0.05) is 6.07 Å². The number of aryl methyl sites for hydroxylation is 1. The number of benzene rings is 1. The van der Waals surface area contributed by atoms with Gasteiger partial charge in [-0.25, -0.2) is 4.98 Å². The van der Waals surface area contributed by atoms with E-state index in [0.29, 0.717) is 36.3 Å². The van der Waals surface area contributed by atoms with E-state index in [1.807, 2.05) is 16.7 Å². The third kappa shape index (κ3) is 2.69. The topological polar surface area (TPSA) is 84.7 Å². The normalized spacial score (nSPS) is 10.5. The number of fused-ring (bicyclic) bond motifs is 1. The summed E-state index contributed by atoms with van der Waals surface area (Å²) in [4.78, 5) is 15.2. The minimum Gasteiger partial charge on any atom is -0.370 e. The number of hydrogen-bond acceptors (Lipinski definition) is 3. The second kappa shape index (κ2) is 5.72. The zero-order valence-electron chi connectivity index (χ0n) is 10.3. The van der Waals surface area contributed by atoms with Gasteiger partial charge in [-0.15, -0.1) is 11.6 Å². The third-order valence-electron chi connectivity index (χ3n) is 2.90. The minimum absolute atomic E-state index is 0.260. The Balaban J connectivity index is 2.41. The molecular formula is C13H13ClN4O. The second-order valence-electron chi connectivity index (χ2n) is 4.17. The Kier molecular flexibility index (Phi) is 4.03. The fourth-order valence-electron chi connectivity index (χ4n) is 2.05. The van der Waals surface area contributed by atoms with Crippen molar-refractivity contribution >= 4 is 28.5 Å². The lowest BCUT2D eigenvalue weighted by molar-refractivity contribution is -0.118. The molecule has 19 heavy (non-hydrogen) atoms. The number of carbonyl (C=O) groups excluding carboxylic acids is 1. The van der Waals surface area contributed by atoms with Gasteiger partial charge in [0.1, 0.15) is 17.4 Å². The van der Waals surface area contributed by atoms with E-state index < -0.39 is 0 Å². The van der Waals surface area contributed by atoms with Gasteiger partial charge in [0.2, 0.25) is 5.91 Å². The molecule has 2 rings (SSSR count). The Morgan fingerprint density at radius 3 is 2.95 bits per heavy atom. The van der Waals surface area contributed by atoms with Crippen molar-refractivity contribution in [1.82, 2.24) is 9.55 Å². The second-order valence-corrected chi connectivity index (χ2v) is 4.44. The number of hydrogen-bond donors (Lipinski definition) is 1. The van der Waals surface area contributed by atoms with Gasteiger partial charge < -0.3 is 10.3 Å². The van der Waals surface area contributed by atoms with Gasteiger partial charge in [0.15, 0.2) is 0 Å². The van der Waals surface area contributed by atoms with Crippen LogP contribution < -0.4 is 5.73 Å². The maximum atomic E-state index is 10.8. The molecule has 0 aliphatic carbocycles. The Hall–Kier alpha value is -2.06. The van der Waals surface area contributed by atoms with E-state index in [1.165, 1.54) is 0 Å². The minimum atomic E-state index is -0.324. The number of aromatic nitrogens is 2. The first kappa shape index (κ1) is 13.4. The van der Waals surface area contributed by atoms with Crippen molar-refractivity contribution in [3.05, 3.63) is 29.6 Å². The van der Waals surface area contributed by atoms with Crippen LogP contribution in [0.5, 0.6) is 0 Å². The number of nitrogens with two attached hydrogens (primary N) is 1. The van der Waals surface area contributed by atoms with Crippen molar-refractivity contribution in [3.8, 4) is 6.07 Å². The summed E-state index contributed by atoms with van der Waals surface area (Å²) in [6.07, 6.45) is 0.945. The van der Waals surface area contributed by atoms with E-state index in [1.54, 1.807) is 6.07 Å². The summed E-state index contributed by atoms with van der Waals surface area (Å²) >= 11 is 5.88. The lowest BCUT2D eigenvalue weighted by Gasteiger charge is -2.06. The number of nitriles is 1. The summed E-state index contributed by atoms with van der Waals surface area (Å²) in [5.41, 5.74) is 7.17. The summed E-state index contributed by atoms with van der Waals surface area (Å²) in [7, 11) is 0. The molecule has 5 nitrogen and oxygen atoms in total. The first-order valence-corrected chi connectivity index (χ1v) is 6.43. The summed E-state index contributed by atoms with van der Waals surface area (Å²) in [6, 6.07) is 7.54. The maximum Gasteiger partial charge on any atom is 0.217 e. The quantitative estimate of drug-likeness (QED) is 0.847. The van der Waals surface area contributed by atoms with Crippen LogP contribution in [0.15, 0.2) is 18.2 Å². The molecule has 1 aromatic heterocycles. The van der Waals surface area contributed by atoms with Crippen LogP contribution in [0, 0.1) is 11.3 Å². The molecule has 0 aliphatic heterocycles. The number of nitrogens with zero attached hydrogens (tertiary/aromatic N) is 3. The lowest BCUT2D eigenvalue weighted by atomic mass is 10.2. The van der Waals surface area contributed by atoms with Crippen LogP contribution in [-0.2, 0) is 17.2 Å². The predicted octanol–water partition coefficient (Wildman–Crippen LogP) is 1.91. The van der Waals surface area contributed by atoms with Crippen LogP contribution in [0.1, 0.15) is 24.2 Å². The Labute approximate surface area is 115 Å². The average Bonchev–Trinajstić information content (AvgIpc) is 2.76. The number of primary amides is 1. The summed E-state index contributed by atoms with van der Waals surface area (Å²) < 4.78 is 1.94. The van der Waals surface area contributed by atoms with Gasteiger partial charge >= 0.3 is 0 Å². The SMILES string of the molecule is N#Cc1cccc2c1nc(CCl)n2CCCC(N)=O. The fourth-order valence-corrected chi connectivity index (χ4v) is 2.25. The number of halogens is 1. The molecule has 0 spiro atoms. The molecule has 0 atom stereocenters. The van der Waals surface area contributed by atoms with E-state index in [4.69, 9.17) is 22.6 Å². The van der Waals surface area contributed by atoms with Crippen LogP contribution >= 0.6 is 11.6 Å². The first-order valence-electron chi connectivity index (χ1n) is 5.90. The number of imidazole rings is 1. The lowest BCUT2D eigenvalue weighted by Crippen LogP contribution is -2.12. The molecule has 0 saturated carbocycles. The smallest absolute Gasteiger partial charge is 0.217 e. The van der Waals surface area contributed by atoms with E-state index >= 15 is 0 Å². The zero-order valence-corrected chi connectivity index (χ0v) is 11.0. The summed E-state index contributed by atoms with van der Waals surface area (Å²) in [5, 5.41) is 9.06. The molecule has 2 aromatic rings. The molecule has 6 heteroatoms. The standard InChI is InChI=1S/C13H13ClN4O/c14-7-12-17-13-9(8-15)3-1-4-10(13)18(12)6-2-5-11(16)19/h1,3-4H,2,5-7H2,(H2,16,19). The molecule has 2 N–H and O–H groups in total. The Morgan fingerprint density at radius 2 is 2.32 bits per heavy atom. The highest BCUT2D eigenvalue weighted by molar-refractivity contribution is 6.16. The van der Waals surface area contributed by atoms with Crippen LogP contribution in [0.2, 0.25) is 0 Å². The largest absolute Gasteiger partial charge is 0.370 e. The number of para-hydroxylation sites is 1. The number of alkyl halides is 1. The zero-order chi connectivity index (χ0) is 13.8. The molecule has 98 valence electrons. The summed E-state index contributed by atoms with van der Waals surface area (Å²) in [6.45, 7) is 0.608. The molecule has 0 radical (unpaired) electrons. The predicted molar refractivity (Wildman–Crippen MR) is 72.4 cm³/mol. The Morgan fingerprint density at radius 1 is 1.53 bits per heavy atom. The van der Waals surface area contributed by atoms with Gasteiger partial charge in [-0.2, -0.15) is 5.26 Å². The van der Waals surface area contributed by atoms with E-state index in [0.717, 1.165) is 5.52 Å². The Bertz CT molecular complexity index is 656. The molecule has 1 amide bonds. The van der Waals surface area contributed by atoms with Gasteiger partial charge in [0.05, 0.1) is 17.0 Å². The van der Waals surface area contributed by atoms with Gasteiger partial charge in [-0.3, -0.25) is 4.79 Å². The van der Waals surface area contributed by atoms with Crippen molar-refractivity contribution in [1.29, 1.82) is 5.26 Å².